The van der Waals surface area contributed by atoms with Gasteiger partial charge in [0.05, 0.1) is 6.54 Å². The van der Waals surface area contributed by atoms with Gasteiger partial charge in [0.25, 0.3) is 5.91 Å². The maximum atomic E-state index is 12.3. The zero-order valence-electron chi connectivity index (χ0n) is 16.1. The predicted octanol–water partition coefficient (Wildman–Crippen LogP) is 4.34. The SMILES string of the molecule is CC[C@@H](Oc1ccccc1)C(=O)NCCOc1ccccc1C(C)(C)C. The van der Waals surface area contributed by atoms with E-state index < -0.39 is 6.10 Å². The standard InChI is InChI=1S/C22H29NO3/c1-5-19(26-17-11-7-6-8-12-17)21(24)23-15-16-25-20-14-10-9-13-18(20)22(2,3)4/h6-14,19H,5,15-16H2,1-4H3,(H,23,24)/t19-/m1/s1. The molecule has 0 aromatic heterocycles. The lowest BCUT2D eigenvalue weighted by atomic mass is 9.86. The van der Waals surface area contributed by atoms with E-state index in [-0.39, 0.29) is 11.3 Å². The van der Waals surface area contributed by atoms with Crippen LogP contribution in [0.25, 0.3) is 0 Å². The first kappa shape index (κ1) is 19.8. The average Bonchev–Trinajstić information content (AvgIpc) is 2.63. The minimum atomic E-state index is -0.501. The Labute approximate surface area is 156 Å². The Bertz CT molecular complexity index is 692. The van der Waals surface area contributed by atoms with Crippen molar-refractivity contribution in [2.45, 2.75) is 45.6 Å². The number of hydrogen-bond acceptors (Lipinski definition) is 3. The molecule has 2 aromatic carbocycles. The van der Waals surface area contributed by atoms with Crippen LogP contribution in [0.4, 0.5) is 0 Å². The molecule has 26 heavy (non-hydrogen) atoms. The van der Waals surface area contributed by atoms with Crippen LogP contribution in [-0.4, -0.2) is 25.2 Å². The number of carbonyl (C=O) groups is 1. The molecule has 0 spiro atoms. The Morgan fingerprint density at radius 2 is 1.69 bits per heavy atom. The van der Waals surface area contributed by atoms with Crippen LogP contribution in [0.2, 0.25) is 0 Å². The molecule has 0 unspecified atom stereocenters. The van der Waals surface area contributed by atoms with Crippen molar-refractivity contribution in [3.63, 3.8) is 0 Å². The van der Waals surface area contributed by atoms with E-state index in [1.807, 2.05) is 55.5 Å². The van der Waals surface area contributed by atoms with Crippen molar-refractivity contribution in [1.29, 1.82) is 0 Å². The van der Waals surface area contributed by atoms with Crippen molar-refractivity contribution in [3.8, 4) is 11.5 Å². The molecule has 0 bridgehead atoms. The summed E-state index contributed by atoms with van der Waals surface area (Å²) < 4.78 is 11.6. The highest BCUT2D eigenvalue weighted by atomic mass is 16.5. The molecule has 0 aliphatic heterocycles. The fraction of sp³-hybridized carbons (Fsp3) is 0.409. The maximum Gasteiger partial charge on any atom is 0.261 e. The third kappa shape index (κ3) is 5.80. The molecule has 0 radical (unpaired) electrons. The molecular formula is C22H29NO3. The number of benzene rings is 2. The number of para-hydroxylation sites is 2. The summed E-state index contributed by atoms with van der Waals surface area (Å²) in [4.78, 5) is 12.3. The Balaban J connectivity index is 1.83. The number of ether oxygens (including phenoxy) is 2. The number of nitrogens with one attached hydrogen (secondary N) is 1. The molecule has 0 heterocycles. The first-order valence-corrected chi connectivity index (χ1v) is 9.13. The van der Waals surface area contributed by atoms with Crippen LogP contribution in [0.5, 0.6) is 11.5 Å². The highest BCUT2D eigenvalue weighted by Crippen LogP contribution is 2.30. The highest BCUT2D eigenvalue weighted by molar-refractivity contribution is 5.81. The molecule has 4 nitrogen and oxygen atoms in total. The Morgan fingerprint density at radius 3 is 2.35 bits per heavy atom. The number of rotatable bonds is 8. The summed E-state index contributed by atoms with van der Waals surface area (Å²) in [7, 11) is 0. The first-order chi connectivity index (χ1) is 12.4. The third-order valence-corrected chi connectivity index (χ3v) is 4.04. The van der Waals surface area contributed by atoms with E-state index in [0.717, 1.165) is 11.3 Å². The molecular weight excluding hydrogens is 326 g/mol. The minimum absolute atomic E-state index is 0.0106. The van der Waals surface area contributed by atoms with Gasteiger partial charge in [-0.2, -0.15) is 0 Å². The van der Waals surface area contributed by atoms with E-state index in [4.69, 9.17) is 9.47 Å². The Hall–Kier alpha value is -2.49. The van der Waals surface area contributed by atoms with Gasteiger partial charge >= 0.3 is 0 Å². The smallest absolute Gasteiger partial charge is 0.261 e. The summed E-state index contributed by atoms with van der Waals surface area (Å²) in [6.45, 7) is 9.26. The zero-order valence-corrected chi connectivity index (χ0v) is 16.1. The molecule has 1 atom stereocenters. The van der Waals surface area contributed by atoms with Gasteiger partial charge in [-0.3, -0.25) is 4.79 Å². The van der Waals surface area contributed by atoms with Crippen LogP contribution < -0.4 is 14.8 Å². The first-order valence-electron chi connectivity index (χ1n) is 9.13. The van der Waals surface area contributed by atoms with Gasteiger partial charge in [-0.05, 0) is 35.6 Å². The molecule has 140 valence electrons. The van der Waals surface area contributed by atoms with Crippen LogP contribution in [0.15, 0.2) is 54.6 Å². The van der Waals surface area contributed by atoms with E-state index >= 15 is 0 Å². The van der Waals surface area contributed by atoms with E-state index in [9.17, 15) is 4.79 Å². The fourth-order valence-corrected chi connectivity index (χ4v) is 2.65. The molecule has 2 rings (SSSR count). The van der Waals surface area contributed by atoms with Gasteiger partial charge in [-0.25, -0.2) is 0 Å². The summed E-state index contributed by atoms with van der Waals surface area (Å²) in [5.74, 6) is 1.44. The average molecular weight is 355 g/mol. The van der Waals surface area contributed by atoms with Crippen molar-refractivity contribution in [3.05, 3.63) is 60.2 Å². The van der Waals surface area contributed by atoms with E-state index in [1.165, 1.54) is 0 Å². The van der Waals surface area contributed by atoms with Crippen LogP contribution in [0, 0.1) is 0 Å². The lowest BCUT2D eigenvalue weighted by Crippen LogP contribution is -2.39. The van der Waals surface area contributed by atoms with Gasteiger partial charge in [-0.1, -0.05) is 64.1 Å². The van der Waals surface area contributed by atoms with Crippen LogP contribution >= 0.6 is 0 Å². The summed E-state index contributed by atoms with van der Waals surface area (Å²) in [6, 6.07) is 17.4. The fourth-order valence-electron chi connectivity index (χ4n) is 2.65. The maximum absolute atomic E-state index is 12.3. The lowest BCUT2D eigenvalue weighted by Gasteiger charge is -2.23. The van der Waals surface area contributed by atoms with Crippen molar-refractivity contribution in [2.24, 2.45) is 0 Å². The monoisotopic (exact) mass is 355 g/mol. The van der Waals surface area contributed by atoms with Gasteiger partial charge < -0.3 is 14.8 Å². The topological polar surface area (TPSA) is 47.6 Å². The second-order valence-electron chi connectivity index (χ2n) is 7.21. The largest absolute Gasteiger partial charge is 0.491 e. The van der Waals surface area contributed by atoms with Gasteiger partial charge in [0.15, 0.2) is 6.10 Å². The van der Waals surface area contributed by atoms with Crippen molar-refractivity contribution in [1.82, 2.24) is 5.32 Å². The Kier molecular flexibility index (Phi) is 7.07. The predicted molar refractivity (Wildman–Crippen MR) is 105 cm³/mol. The lowest BCUT2D eigenvalue weighted by molar-refractivity contribution is -0.128. The van der Waals surface area contributed by atoms with Crippen LogP contribution in [0.3, 0.4) is 0 Å². The number of amides is 1. The molecule has 0 aliphatic rings. The van der Waals surface area contributed by atoms with Gasteiger partial charge in [0, 0.05) is 0 Å². The molecule has 1 N–H and O–H groups in total. The number of carbonyl (C=O) groups excluding carboxylic acids is 1. The summed E-state index contributed by atoms with van der Waals surface area (Å²) in [5, 5.41) is 2.89. The molecule has 4 heteroatoms. The molecule has 2 aromatic rings. The van der Waals surface area contributed by atoms with Gasteiger partial charge in [0.2, 0.25) is 0 Å². The van der Waals surface area contributed by atoms with E-state index in [1.54, 1.807) is 0 Å². The van der Waals surface area contributed by atoms with Crippen LogP contribution in [0.1, 0.15) is 39.7 Å². The Morgan fingerprint density at radius 1 is 1.04 bits per heavy atom. The summed E-state index contributed by atoms with van der Waals surface area (Å²) in [6.07, 6.45) is 0.105. The second kappa shape index (κ2) is 9.27. The van der Waals surface area contributed by atoms with Gasteiger partial charge in [0.1, 0.15) is 18.1 Å². The minimum Gasteiger partial charge on any atom is -0.491 e. The summed E-state index contributed by atoms with van der Waals surface area (Å²) in [5.41, 5.74) is 1.17. The van der Waals surface area contributed by atoms with Crippen molar-refractivity contribution in [2.75, 3.05) is 13.2 Å². The molecule has 1 amide bonds. The molecule has 0 saturated heterocycles. The van der Waals surface area contributed by atoms with Crippen molar-refractivity contribution < 1.29 is 14.3 Å². The summed E-state index contributed by atoms with van der Waals surface area (Å²) >= 11 is 0. The van der Waals surface area contributed by atoms with E-state index in [0.29, 0.717) is 25.3 Å². The van der Waals surface area contributed by atoms with Crippen molar-refractivity contribution >= 4 is 5.91 Å². The number of hydrogen-bond donors (Lipinski definition) is 1. The zero-order chi connectivity index (χ0) is 19.0. The third-order valence-electron chi connectivity index (χ3n) is 4.04. The quantitative estimate of drug-likeness (QED) is 0.717. The molecule has 0 aliphatic carbocycles. The molecule has 0 fully saturated rings. The second-order valence-corrected chi connectivity index (χ2v) is 7.21. The van der Waals surface area contributed by atoms with Gasteiger partial charge in [-0.15, -0.1) is 0 Å². The van der Waals surface area contributed by atoms with Crippen LogP contribution in [-0.2, 0) is 10.2 Å². The molecule has 0 saturated carbocycles. The van der Waals surface area contributed by atoms with E-state index in [2.05, 4.69) is 32.2 Å². The highest BCUT2D eigenvalue weighted by Gasteiger charge is 2.19. The normalized spacial score (nSPS) is 12.3.